The van der Waals surface area contributed by atoms with Gasteiger partial charge in [-0.1, -0.05) is 0 Å². The minimum atomic E-state index is 0.247. The molecule has 0 bridgehead atoms. The number of hydrogen-bond acceptors (Lipinski definition) is 0. The second kappa shape index (κ2) is 2.93. The molecular weight excluding hydrogens is 97.9 g/mol. The third-order valence-corrected chi connectivity index (χ3v) is 1.66. The van der Waals surface area contributed by atoms with Crippen LogP contribution in [0.4, 0.5) is 0 Å². The molecule has 0 atom stereocenters. The van der Waals surface area contributed by atoms with Crippen molar-refractivity contribution in [3.63, 3.8) is 0 Å². The summed E-state index contributed by atoms with van der Waals surface area (Å²) in [7, 11) is 4.32. The van der Waals surface area contributed by atoms with E-state index in [1.54, 1.807) is 0 Å². The molecule has 28 valence electrons. The summed E-state index contributed by atoms with van der Waals surface area (Å²) in [5, 5.41) is 0. The van der Waals surface area contributed by atoms with Crippen molar-refractivity contribution in [1.82, 2.24) is 0 Å². The van der Waals surface area contributed by atoms with Crippen LogP contribution in [0.15, 0.2) is 0 Å². The first kappa shape index (κ1) is 5.71. The summed E-state index contributed by atoms with van der Waals surface area (Å²) in [5.41, 5.74) is 0. The maximum atomic E-state index is 4.07. The van der Waals surface area contributed by atoms with E-state index in [-0.39, 0.29) is 9.30 Å². The SMILES string of the molecule is CB=S(C)#P. The van der Waals surface area contributed by atoms with Crippen molar-refractivity contribution in [2.24, 2.45) is 0 Å². The van der Waals surface area contributed by atoms with Gasteiger partial charge in [-0.15, -0.1) is 0 Å². The van der Waals surface area contributed by atoms with Crippen LogP contribution < -0.4 is 0 Å². The standard InChI is InChI=1S/C2H6BPS/c1-3-5(2)4/h1-2H3. The zero-order valence-electron chi connectivity index (χ0n) is 3.43. The van der Waals surface area contributed by atoms with Gasteiger partial charge in [0.2, 0.25) is 0 Å². The molecule has 0 unspecified atom stereocenters. The van der Waals surface area contributed by atoms with Crippen LogP contribution in [-0.2, 0) is 0 Å². The Balaban J connectivity index is 3.82. The van der Waals surface area contributed by atoms with E-state index in [0.29, 0.717) is 0 Å². The van der Waals surface area contributed by atoms with Crippen LogP contribution in [0.3, 0.4) is 0 Å². The van der Waals surface area contributed by atoms with Crippen LogP contribution in [0.5, 0.6) is 0 Å². The third-order valence-electron chi connectivity index (χ3n) is 0.341. The molecule has 0 rings (SSSR count). The van der Waals surface area contributed by atoms with E-state index in [0.717, 1.165) is 0 Å². The second-order valence-electron chi connectivity index (χ2n) is 0.759. The normalized spacial score (nSPS) is 10.2. The molecule has 5 heavy (non-hydrogen) atoms. The molecule has 0 aliphatic heterocycles. The zero-order valence-corrected chi connectivity index (χ0v) is 5.14. The van der Waals surface area contributed by atoms with Gasteiger partial charge in [0.25, 0.3) is 0 Å². The quantitative estimate of drug-likeness (QED) is 0.325. The van der Waals surface area contributed by atoms with Gasteiger partial charge >= 0.3 is 36.3 Å². The van der Waals surface area contributed by atoms with Gasteiger partial charge in [0.05, 0.1) is 0 Å². The van der Waals surface area contributed by atoms with E-state index in [4.69, 9.17) is 0 Å². The monoisotopic (exact) mass is 104 g/mol. The maximum absolute atomic E-state index is 4.07. The number of hydrogen-bond donors (Lipinski definition) is 0. The summed E-state index contributed by atoms with van der Waals surface area (Å²) in [6.07, 6.45) is 4.12. The van der Waals surface area contributed by atoms with Crippen LogP contribution in [-0.4, -0.2) is 12.4 Å². The molecule has 0 radical (unpaired) electrons. The van der Waals surface area contributed by atoms with E-state index in [2.05, 4.69) is 20.2 Å². The average molecular weight is 104 g/mol. The van der Waals surface area contributed by atoms with Crippen molar-refractivity contribution < 1.29 is 0 Å². The van der Waals surface area contributed by atoms with E-state index in [9.17, 15) is 0 Å². The Morgan fingerprint density at radius 1 is 1.80 bits per heavy atom. The Labute approximate surface area is 37.1 Å². The predicted octanol–water partition coefficient (Wildman–Crippen LogP) is 1.88. The molecule has 0 heterocycles. The van der Waals surface area contributed by atoms with Gasteiger partial charge < -0.3 is 0 Å². The van der Waals surface area contributed by atoms with Crippen LogP contribution in [0.2, 0.25) is 6.82 Å². The molecule has 0 spiro atoms. The summed E-state index contributed by atoms with van der Waals surface area (Å²) in [4.78, 5) is 0. The molecule has 0 N–H and O–H groups in total. The molecule has 0 amide bonds. The molecule has 0 aromatic heterocycles. The van der Waals surface area contributed by atoms with Gasteiger partial charge in [-0.25, -0.2) is 0 Å². The molecule has 0 fully saturated rings. The molecule has 0 aromatic carbocycles. The van der Waals surface area contributed by atoms with Gasteiger partial charge in [-0.3, -0.25) is 0 Å². The Morgan fingerprint density at radius 3 is 2.00 bits per heavy atom. The van der Waals surface area contributed by atoms with Crippen molar-refractivity contribution in [3.05, 3.63) is 0 Å². The van der Waals surface area contributed by atoms with Crippen LogP contribution in [0.1, 0.15) is 0 Å². The van der Waals surface area contributed by atoms with Crippen LogP contribution in [0, 0.1) is 0 Å². The molecule has 0 aliphatic rings. The van der Waals surface area contributed by atoms with Crippen molar-refractivity contribution in [1.29, 1.82) is 0 Å². The first-order chi connectivity index (χ1) is 2.27. The van der Waals surface area contributed by atoms with Crippen molar-refractivity contribution in [2.45, 2.75) is 6.82 Å². The topological polar surface area (TPSA) is 0 Å². The van der Waals surface area contributed by atoms with Crippen LogP contribution >= 0.6 is 17.1 Å². The Hall–Kier alpha value is 0.715. The van der Waals surface area contributed by atoms with Gasteiger partial charge in [-0.05, 0) is 0 Å². The fourth-order valence-corrected chi connectivity index (χ4v) is 0. The van der Waals surface area contributed by atoms with E-state index in [1.165, 1.54) is 0 Å². The molecule has 0 nitrogen and oxygen atoms in total. The summed E-state index contributed by atoms with van der Waals surface area (Å²) < 4.78 is 0. The molecule has 0 aliphatic carbocycles. The van der Waals surface area contributed by atoms with E-state index < -0.39 is 0 Å². The average Bonchev–Trinajstić information content (AvgIpc) is 1.38. The summed E-state index contributed by atoms with van der Waals surface area (Å²) in [6.45, 7) is 2.01. The fraction of sp³-hybridized carbons (Fsp3) is 1.00. The fourth-order valence-electron chi connectivity index (χ4n) is 0. The molecular formula is C2H6BPS. The van der Waals surface area contributed by atoms with Gasteiger partial charge in [0.15, 0.2) is 0 Å². The zero-order chi connectivity index (χ0) is 4.28. The third kappa shape index (κ3) is 4.71. The Kier molecular flexibility index (Phi) is 3.35. The minimum absolute atomic E-state index is 0.247. The van der Waals surface area contributed by atoms with Crippen molar-refractivity contribution in [3.8, 4) is 0 Å². The summed E-state index contributed by atoms with van der Waals surface area (Å²) in [6, 6.07) is 0. The number of rotatable bonds is 0. The first-order valence-corrected chi connectivity index (χ1v) is 4.15. The molecule has 0 saturated heterocycles. The first-order valence-electron chi connectivity index (χ1n) is 1.40. The van der Waals surface area contributed by atoms with Gasteiger partial charge in [0.1, 0.15) is 0 Å². The van der Waals surface area contributed by atoms with Crippen molar-refractivity contribution in [2.75, 3.05) is 6.26 Å². The Morgan fingerprint density at radius 2 is 2.00 bits per heavy atom. The Bertz CT molecular complexity index is 120. The van der Waals surface area contributed by atoms with E-state index >= 15 is 0 Å². The molecule has 0 aromatic rings. The molecule has 0 saturated carbocycles. The molecule has 3 heteroatoms. The summed E-state index contributed by atoms with van der Waals surface area (Å²) >= 11 is 0. The van der Waals surface area contributed by atoms with Gasteiger partial charge in [0, 0.05) is 0 Å². The summed E-state index contributed by atoms with van der Waals surface area (Å²) in [5.74, 6) is 0. The second-order valence-corrected chi connectivity index (χ2v) is 4.01. The van der Waals surface area contributed by atoms with Crippen molar-refractivity contribution >= 4 is 23.3 Å². The van der Waals surface area contributed by atoms with Crippen LogP contribution in [0.25, 0.3) is 0 Å². The van der Waals surface area contributed by atoms with E-state index in [1.807, 2.05) is 6.82 Å². The predicted molar refractivity (Wildman–Crippen MR) is 32.1 cm³/mol. The van der Waals surface area contributed by atoms with Gasteiger partial charge in [-0.2, -0.15) is 0 Å².